The van der Waals surface area contributed by atoms with Crippen LogP contribution in [0.3, 0.4) is 0 Å². The molecular weight excluding hydrogens is 236 g/mol. The van der Waals surface area contributed by atoms with Crippen molar-refractivity contribution in [1.82, 2.24) is 10.2 Å². The van der Waals surface area contributed by atoms with Gasteiger partial charge in [-0.2, -0.15) is 0 Å². The third kappa shape index (κ3) is 4.66. The van der Waals surface area contributed by atoms with Crippen LogP contribution in [0.25, 0.3) is 0 Å². The summed E-state index contributed by atoms with van der Waals surface area (Å²) in [7, 11) is 0. The molecule has 5 heteroatoms. The van der Waals surface area contributed by atoms with E-state index in [9.17, 15) is 9.59 Å². The molecule has 0 saturated carbocycles. The highest BCUT2D eigenvalue weighted by molar-refractivity contribution is 7.12. The molecule has 0 aliphatic rings. The second kappa shape index (κ2) is 7.19. The third-order valence-corrected chi connectivity index (χ3v) is 3.26. The fourth-order valence-electron chi connectivity index (χ4n) is 1.45. The van der Waals surface area contributed by atoms with Crippen molar-refractivity contribution in [3.05, 3.63) is 22.4 Å². The quantitative estimate of drug-likeness (QED) is 0.748. The van der Waals surface area contributed by atoms with E-state index in [1.54, 1.807) is 0 Å². The minimum Gasteiger partial charge on any atom is -0.355 e. The Bertz CT molecular complexity index is 363. The summed E-state index contributed by atoms with van der Waals surface area (Å²) in [4.78, 5) is 25.9. The average molecular weight is 254 g/mol. The second-order valence-corrected chi connectivity index (χ2v) is 4.60. The number of carbonyl (C=O) groups excluding carboxylic acids is 2. The van der Waals surface area contributed by atoms with Crippen LogP contribution in [-0.2, 0) is 4.79 Å². The lowest BCUT2D eigenvalue weighted by Crippen LogP contribution is -2.39. The van der Waals surface area contributed by atoms with Crippen molar-refractivity contribution in [2.75, 3.05) is 26.2 Å². The Labute approximate surface area is 106 Å². The second-order valence-electron chi connectivity index (χ2n) is 3.66. The van der Waals surface area contributed by atoms with Crippen molar-refractivity contribution in [2.45, 2.75) is 13.8 Å². The monoisotopic (exact) mass is 254 g/mol. The number of thiophene rings is 1. The molecule has 0 saturated heterocycles. The molecule has 94 valence electrons. The fourth-order valence-corrected chi connectivity index (χ4v) is 2.11. The van der Waals surface area contributed by atoms with E-state index >= 15 is 0 Å². The van der Waals surface area contributed by atoms with Crippen molar-refractivity contribution in [3.63, 3.8) is 0 Å². The predicted octanol–water partition coefficient (Wildman–Crippen LogP) is 1.39. The van der Waals surface area contributed by atoms with Crippen LogP contribution in [0.5, 0.6) is 0 Å². The molecule has 0 bridgehead atoms. The molecule has 1 heterocycles. The number of ketones is 1. The highest BCUT2D eigenvalue weighted by Crippen LogP contribution is 2.09. The molecule has 0 fully saturated rings. The zero-order chi connectivity index (χ0) is 12.7. The first kappa shape index (κ1) is 13.9. The maximum atomic E-state index is 11.9. The third-order valence-electron chi connectivity index (χ3n) is 2.35. The number of amides is 1. The zero-order valence-corrected chi connectivity index (χ0v) is 11.0. The Balaban J connectivity index is 2.47. The molecule has 4 nitrogen and oxygen atoms in total. The Hall–Kier alpha value is -1.20. The molecular formula is C12H18N2O2S. The summed E-state index contributed by atoms with van der Waals surface area (Å²) in [5.41, 5.74) is 0. The summed E-state index contributed by atoms with van der Waals surface area (Å²) in [5.74, 6) is 0.0412. The Morgan fingerprint density at radius 1 is 1.35 bits per heavy atom. The molecule has 0 aliphatic heterocycles. The Morgan fingerprint density at radius 2 is 2.12 bits per heavy atom. The zero-order valence-electron chi connectivity index (χ0n) is 10.2. The van der Waals surface area contributed by atoms with Crippen molar-refractivity contribution in [3.8, 4) is 0 Å². The van der Waals surface area contributed by atoms with Crippen LogP contribution in [0.1, 0.15) is 23.5 Å². The summed E-state index contributed by atoms with van der Waals surface area (Å²) >= 11 is 1.44. The summed E-state index contributed by atoms with van der Waals surface area (Å²) in [6.07, 6.45) is 0. The molecule has 1 N–H and O–H groups in total. The first-order valence-electron chi connectivity index (χ1n) is 5.73. The van der Waals surface area contributed by atoms with Crippen LogP contribution in [-0.4, -0.2) is 42.8 Å². The normalized spacial score (nSPS) is 10.5. The number of hydrogen-bond donors (Lipinski definition) is 1. The van der Waals surface area contributed by atoms with E-state index in [1.807, 2.05) is 36.3 Å². The predicted molar refractivity (Wildman–Crippen MR) is 69.4 cm³/mol. The van der Waals surface area contributed by atoms with Crippen molar-refractivity contribution >= 4 is 23.0 Å². The molecule has 1 aromatic heterocycles. The van der Waals surface area contributed by atoms with E-state index in [4.69, 9.17) is 0 Å². The van der Waals surface area contributed by atoms with Gasteiger partial charge in [0.2, 0.25) is 5.91 Å². The van der Waals surface area contributed by atoms with Crippen molar-refractivity contribution in [2.24, 2.45) is 0 Å². The van der Waals surface area contributed by atoms with Gasteiger partial charge in [0.1, 0.15) is 0 Å². The number of carbonyl (C=O) groups is 2. The molecule has 0 spiro atoms. The number of hydrogen-bond acceptors (Lipinski definition) is 4. The van der Waals surface area contributed by atoms with Crippen LogP contribution in [0, 0.1) is 0 Å². The van der Waals surface area contributed by atoms with Gasteiger partial charge in [0.25, 0.3) is 0 Å². The lowest BCUT2D eigenvalue weighted by molar-refractivity contribution is -0.121. The lowest BCUT2D eigenvalue weighted by Gasteiger charge is -2.18. The largest absolute Gasteiger partial charge is 0.355 e. The topological polar surface area (TPSA) is 49.4 Å². The smallest absolute Gasteiger partial charge is 0.234 e. The van der Waals surface area contributed by atoms with Gasteiger partial charge in [-0.15, -0.1) is 11.3 Å². The molecule has 0 unspecified atom stereocenters. The lowest BCUT2D eigenvalue weighted by atomic mass is 10.3. The van der Waals surface area contributed by atoms with Gasteiger partial charge in [-0.1, -0.05) is 13.0 Å². The van der Waals surface area contributed by atoms with Gasteiger partial charge in [0.05, 0.1) is 18.0 Å². The van der Waals surface area contributed by atoms with E-state index in [-0.39, 0.29) is 18.2 Å². The summed E-state index contributed by atoms with van der Waals surface area (Å²) < 4.78 is 0. The summed E-state index contributed by atoms with van der Waals surface area (Å²) in [6, 6.07) is 3.67. The maximum absolute atomic E-state index is 11.9. The van der Waals surface area contributed by atoms with Crippen LogP contribution < -0.4 is 5.32 Å². The van der Waals surface area contributed by atoms with Crippen LogP contribution in [0.2, 0.25) is 0 Å². The first-order chi connectivity index (χ1) is 8.17. The SMILES string of the molecule is CCNC(=O)CN(CC)CC(=O)c1cccs1. The Kier molecular flexibility index (Phi) is 5.86. The molecule has 1 aromatic rings. The van der Waals surface area contributed by atoms with Gasteiger partial charge in [-0.3, -0.25) is 14.5 Å². The van der Waals surface area contributed by atoms with Crippen LogP contribution >= 0.6 is 11.3 Å². The molecule has 17 heavy (non-hydrogen) atoms. The highest BCUT2D eigenvalue weighted by Gasteiger charge is 2.14. The summed E-state index contributed by atoms with van der Waals surface area (Å²) in [5, 5.41) is 4.61. The van der Waals surface area contributed by atoms with Crippen molar-refractivity contribution < 1.29 is 9.59 Å². The van der Waals surface area contributed by atoms with E-state index < -0.39 is 0 Å². The van der Waals surface area contributed by atoms with Gasteiger partial charge in [-0.25, -0.2) is 0 Å². The van der Waals surface area contributed by atoms with Crippen LogP contribution in [0.15, 0.2) is 17.5 Å². The number of nitrogens with one attached hydrogen (secondary N) is 1. The molecule has 0 aliphatic carbocycles. The van der Waals surface area contributed by atoms with Gasteiger partial charge < -0.3 is 5.32 Å². The minimum absolute atomic E-state index is 0.0340. The van der Waals surface area contributed by atoms with E-state index in [2.05, 4.69) is 5.32 Å². The van der Waals surface area contributed by atoms with Crippen molar-refractivity contribution in [1.29, 1.82) is 0 Å². The summed E-state index contributed by atoms with van der Waals surface area (Å²) in [6.45, 7) is 5.71. The fraction of sp³-hybridized carbons (Fsp3) is 0.500. The number of Topliss-reactive ketones (excluding diaryl/α,β-unsaturated/α-hetero) is 1. The molecule has 0 aromatic carbocycles. The van der Waals surface area contributed by atoms with Gasteiger partial charge in [0.15, 0.2) is 5.78 Å². The molecule has 1 rings (SSSR count). The number of likely N-dealkylation sites (N-methyl/N-ethyl adjacent to an activating group) is 2. The minimum atomic E-state index is -0.0340. The average Bonchev–Trinajstić information content (AvgIpc) is 2.81. The van der Waals surface area contributed by atoms with Gasteiger partial charge in [-0.05, 0) is 24.9 Å². The van der Waals surface area contributed by atoms with Crippen LogP contribution in [0.4, 0.5) is 0 Å². The molecule has 0 radical (unpaired) electrons. The molecule has 1 amide bonds. The standard InChI is InChI=1S/C12H18N2O2S/c1-3-13-12(16)9-14(4-2)8-10(15)11-6-5-7-17-11/h5-7H,3-4,8-9H2,1-2H3,(H,13,16). The molecule has 0 atom stereocenters. The van der Waals surface area contributed by atoms with E-state index in [1.165, 1.54) is 11.3 Å². The Morgan fingerprint density at radius 3 is 2.65 bits per heavy atom. The first-order valence-corrected chi connectivity index (χ1v) is 6.61. The van der Waals surface area contributed by atoms with E-state index in [0.717, 1.165) is 4.88 Å². The highest BCUT2D eigenvalue weighted by atomic mass is 32.1. The number of nitrogens with zero attached hydrogens (tertiary/aromatic N) is 1. The number of rotatable bonds is 7. The van der Waals surface area contributed by atoms with Gasteiger partial charge in [0, 0.05) is 6.54 Å². The van der Waals surface area contributed by atoms with Gasteiger partial charge >= 0.3 is 0 Å². The van der Waals surface area contributed by atoms with E-state index in [0.29, 0.717) is 19.6 Å². The maximum Gasteiger partial charge on any atom is 0.234 e.